The molecule has 1 unspecified atom stereocenters. The highest BCUT2D eigenvalue weighted by Gasteiger charge is 2.58. The van der Waals surface area contributed by atoms with E-state index in [1.807, 2.05) is 6.07 Å². The molecule has 0 saturated heterocycles. The molecule has 1 atom stereocenters. The number of H-pyrrole nitrogens is 2. The second-order valence-electron chi connectivity index (χ2n) is 5.46. The van der Waals surface area contributed by atoms with Crippen molar-refractivity contribution in [3.8, 4) is 11.9 Å². The maximum absolute atomic E-state index is 13.0. The molecule has 10 heteroatoms. The summed E-state index contributed by atoms with van der Waals surface area (Å²) in [5, 5.41) is 12.4. The van der Waals surface area contributed by atoms with E-state index in [0.717, 1.165) is 0 Å². The molecule has 0 fully saturated rings. The number of nitriles is 1. The number of anilines is 1. The van der Waals surface area contributed by atoms with Gasteiger partial charge in [-0.25, -0.2) is 0 Å². The molecule has 5 N–H and O–H groups in total. The van der Waals surface area contributed by atoms with Gasteiger partial charge in [-0.05, 0) is 30.4 Å². The number of carbonyl (C=O) groups excluding carboxylic acids is 1. The van der Waals surface area contributed by atoms with Crippen molar-refractivity contribution in [1.82, 2.24) is 9.97 Å². The Morgan fingerprint density at radius 1 is 1.32 bits per heavy atom. The van der Waals surface area contributed by atoms with Crippen LogP contribution in [-0.2, 0) is 10.2 Å². The molecule has 8 nitrogen and oxygen atoms in total. The van der Waals surface area contributed by atoms with E-state index < -0.39 is 16.9 Å². The van der Waals surface area contributed by atoms with Crippen LogP contribution >= 0.6 is 28.1 Å². The normalized spacial score (nSPS) is 20.6. The highest BCUT2D eigenvalue weighted by molar-refractivity contribution is 9.10. The molecule has 0 radical (unpaired) electrons. The summed E-state index contributed by atoms with van der Waals surface area (Å²) in [6.07, 6.45) is 0. The van der Waals surface area contributed by atoms with Crippen molar-refractivity contribution in [2.24, 2.45) is 5.73 Å². The molecule has 25 heavy (non-hydrogen) atoms. The third-order valence-corrected chi connectivity index (χ3v) is 4.90. The van der Waals surface area contributed by atoms with Crippen molar-refractivity contribution in [1.29, 1.82) is 5.26 Å². The third kappa shape index (κ3) is 1.87. The van der Waals surface area contributed by atoms with Crippen molar-refractivity contribution in [3.05, 3.63) is 60.4 Å². The number of hydrogen-bond donors (Lipinski definition) is 4. The van der Waals surface area contributed by atoms with Crippen LogP contribution in [0.2, 0.25) is 0 Å². The number of carbonyl (C=O) groups is 1. The first-order chi connectivity index (χ1) is 11.9. The molecule has 1 aromatic heterocycles. The second-order valence-corrected chi connectivity index (χ2v) is 6.78. The minimum atomic E-state index is -1.72. The van der Waals surface area contributed by atoms with E-state index >= 15 is 0 Å². The van der Waals surface area contributed by atoms with Crippen LogP contribution < -0.4 is 21.3 Å². The zero-order chi connectivity index (χ0) is 17.9. The number of rotatable bonds is 0. The molecule has 124 valence electrons. The first-order valence-electron chi connectivity index (χ1n) is 6.96. The average molecular weight is 418 g/mol. The molecular formula is C15H8BrN5O3S. The molecule has 2 aliphatic rings. The second kappa shape index (κ2) is 5.05. The van der Waals surface area contributed by atoms with Gasteiger partial charge in [-0.15, -0.1) is 0 Å². The van der Waals surface area contributed by atoms with Crippen molar-refractivity contribution in [2.75, 3.05) is 5.32 Å². The van der Waals surface area contributed by atoms with Gasteiger partial charge in [0.2, 0.25) is 17.7 Å². The maximum Gasteiger partial charge on any atom is 0.260 e. The van der Waals surface area contributed by atoms with Crippen molar-refractivity contribution in [3.63, 3.8) is 0 Å². The van der Waals surface area contributed by atoms with Gasteiger partial charge < -0.3 is 20.8 Å². The van der Waals surface area contributed by atoms with Gasteiger partial charge in [-0.3, -0.25) is 14.6 Å². The Labute approximate surface area is 153 Å². The van der Waals surface area contributed by atoms with Gasteiger partial charge in [0.25, 0.3) is 5.56 Å². The van der Waals surface area contributed by atoms with Crippen LogP contribution in [0.1, 0.15) is 11.1 Å². The Morgan fingerprint density at radius 3 is 2.80 bits per heavy atom. The van der Waals surface area contributed by atoms with Crippen LogP contribution in [0.15, 0.2) is 38.9 Å². The standard InChI is InChI=1S/C15H8BrN5O3S/c16-5-1-2-8-6(3-5)15(13(23)19-8)7(4-17)10(18)24-12-9(15)11(22)20-14(25)21-12/h1-3H,18H2,(H,19,23)(H2,20,21,22,25). The summed E-state index contributed by atoms with van der Waals surface area (Å²) < 4.78 is 6.06. The number of nitrogens with one attached hydrogen (secondary N) is 3. The molecule has 1 spiro atoms. The number of nitrogens with two attached hydrogens (primary N) is 1. The number of halogens is 1. The van der Waals surface area contributed by atoms with Crippen LogP contribution in [0, 0.1) is 16.1 Å². The SMILES string of the molecule is N#CC1=C(N)Oc2[nH]c(=S)[nH]c(=O)c2C12C(=O)Nc1ccc(Br)cc12. The van der Waals surface area contributed by atoms with Crippen LogP contribution in [0.4, 0.5) is 5.69 Å². The van der Waals surface area contributed by atoms with Gasteiger partial charge in [-0.2, -0.15) is 5.26 Å². The summed E-state index contributed by atoms with van der Waals surface area (Å²) in [5.41, 5.74) is 4.20. The molecule has 0 bridgehead atoms. The number of benzene rings is 1. The largest absolute Gasteiger partial charge is 0.424 e. The summed E-state index contributed by atoms with van der Waals surface area (Å²) in [5.74, 6) is -0.900. The van der Waals surface area contributed by atoms with E-state index in [1.165, 1.54) is 0 Å². The number of aromatic nitrogens is 2. The van der Waals surface area contributed by atoms with E-state index in [4.69, 9.17) is 22.7 Å². The number of nitrogens with zero attached hydrogens (tertiary/aromatic N) is 1. The Kier molecular flexibility index (Phi) is 3.15. The zero-order valence-electron chi connectivity index (χ0n) is 12.3. The minimum absolute atomic E-state index is 0.0139. The lowest BCUT2D eigenvalue weighted by Gasteiger charge is -2.32. The van der Waals surface area contributed by atoms with Gasteiger partial charge in [0, 0.05) is 15.7 Å². The van der Waals surface area contributed by atoms with Gasteiger partial charge in [0.1, 0.15) is 17.2 Å². The Morgan fingerprint density at radius 2 is 2.08 bits per heavy atom. The molecular weight excluding hydrogens is 410 g/mol. The average Bonchev–Trinajstić information content (AvgIpc) is 2.80. The van der Waals surface area contributed by atoms with Crippen LogP contribution in [-0.4, -0.2) is 15.9 Å². The quantitative estimate of drug-likeness (QED) is 0.479. The molecule has 1 amide bonds. The number of amides is 1. The van der Waals surface area contributed by atoms with Gasteiger partial charge in [0.05, 0.1) is 0 Å². The first-order valence-corrected chi connectivity index (χ1v) is 8.16. The zero-order valence-corrected chi connectivity index (χ0v) is 14.7. The fourth-order valence-corrected chi connectivity index (χ4v) is 3.81. The third-order valence-electron chi connectivity index (χ3n) is 4.20. The Bertz CT molecular complexity index is 1160. The van der Waals surface area contributed by atoms with Crippen LogP contribution in [0.3, 0.4) is 0 Å². The number of ether oxygens (including phenoxy) is 1. The monoisotopic (exact) mass is 417 g/mol. The van der Waals surface area contributed by atoms with Crippen molar-refractivity contribution < 1.29 is 9.53 Å². The van der Waals surface area contributed by atoms with E-state index in [2.05, 4.69) is 31.2 Å². The lowest BCUT2D eigenvalue weighted by Crippen LogP contribution is -2.46. The van der Waals surface area contributed by atoms with E-state index in [9.17, 15) is 14.9 Å². The predicted molar refractivity (Wildman–Crippen MR) is 93.3 cm³/mol. The summed E-state index contributed by atoms with van der Waals surface area (Å²) >= 11 is 8.30. The molecule has 0 saturated carbocycles. The highest BCUT2D eigenvalue weighted by Crippen LogP contribution is 2.51. The van der Waals surface area contributed by atoms with E-state index in [-0.39, 0.29) is 27.7 Å². The minimum Gasteiger partial charge on any atom is -0.424 e. The number of aromatic amines is 2. The van der Waals surface area contributed by atoms with Crippen LogP contribution in [0.25, 0.3) is 0 Å². The highest BCUT2D eigenvalue weighted by atomic mass is 79.9. The molecule has 1 aromatic carbocycles. The van der Waals surface area contributed by atoms with Gasteiger partial charge in [0.15, 0.2) is 10.2 Å². The Balaban J connectivity index is 2.24. The predicted octanol–water partition coefficient (Wildman–Crippen LogP) is 1.52. The van der Waals surface area contributed by atoms with E-state index in [1.54, 1.807) is 18.2 Å². The lowest BCUT2D eigenvalue weighted by atomic mass is 9.70. The number of hydrogen-bond acceptors (Lipinski definition) is 6. The first kappa shape index (κ1) is 15.6. The van der Waals surface area contributed by atoms with Crippen LogP contribution in [0.5, 0.6) is 5.88 Å². The molecule has 2 aromatic rings. The fourth-order valence-electron chi connectivity index (χ4n) is 3.26. The summed E-state index contributed by atoms with van der Waals surface area (Å²) in [7, 11) is 0. The summed E-state index contributed by atoms with van der Waals surface area (Å²) in [6, 6.07) is 6.99. The number of fused-ring (bicyclic) bond motifs is 4. The lowest BCUT2D eigenvalue weighted by molar-refractivity contribution is -0.118. The van der Waals surface area contributed by atoms with Gasteiger partial charge >= 0.3 is 0 Å². The fraction of sp³-hybridized carbons (Fsp3) is 0.0667. The Hall–Kier alpha value is -2.90. The smallest absolute Gasteiger partial charge is 0.260 e. The van der Waals surface area contributed by atoms with Crippen molar-refractivity contribution in [2.45, 2.75) is 5.41 Å². The topological polar surface area (TPSA) is 137 Å². The van der Waals surface area contributed by atoms with Gasteiger partial charge in [-0.1, -0.05) is 15.9 Å². The summed E-state index contributed by atoms with van der Waals surface area (Å²) in [4.78, 5) is 30.8. The summed E-state index contributed by atoms with van der Waals surface area (Å²) in [6.45, 7) is 0. The molecule has 0 aliphatic carbocycles. The van der Waals surface area contributed by atoms with E-state index in [0.29, 0.717) is 15.7 Å². The van der Waals surface area contributed by atoms with Crippen molar-refractivity contribution >= 4 is 39.7 Å². The molecule has 2 aliphatic heterocycles. The molecule has 4 rings (SSSR count). The molecule has 3 heterocycles. The maximum atomic E-state index is 13.0.